The molecule has 0 aromatic carbocycles. The van der Waals surface area contributed by atoms with Crippen LogP contribution in [0.2, 0.25) is 0 Å². The summed E-state index contributed by atoms with van der Waals surface area (Å²) in [7, 11) is 0. The summed E-state index contributed by atoms with van der Waals surface area (Å²) >= 11 is 0. The Morgan fingerprint density at radius 1 is 0.733 bits per heavy atom. The van der Waals surface area contributed by atoms with Crippen LogP contribution < -0.4 is 0 Å². The van der Waals surface area contributed by atoms with E-state index in [0.717, 1.165) is 76.0 Å². The van der Waals surface area contributed by atoms with Gasteiger partial charge >= 0.3 is 11.9 Å². The van der Waals surface area contributed by atoms with Gasteiger partial charge in [0.15, 0.2) is 6.29 Å². The average Bonchev–Trinajstić information content (AvgIpc) is 2.97. The summed E-state index contributed by atoms with van der Waals surface area (Å²) in [5.41, 5.74) is -2.21. The van der Waals surface area contributed by atoms with Crippen molar-refractivity contribution in [3.8, 4) is 0 Å². The van der Waals surface area contributed by atoms with Gasteiger partial charge in [-0.15, -0.1) is 0 Å². The minimum atomic E-state index is -0.786. The number of carbonyl (C=O) groups excluding carboxylic acids is 2. The van der Waals surface area contributed by atoms with Crippen LogP contribution in [-0.4, -0.2) is 66.6 Å². The van der Waals surface area contributed by atoms with E-state index in [9.17, 15) is 19.8 Å². The van der Waals surface area contributed by atoms with E-state index in [1.807, 2.05) is 0 Å². The van der Waals surface area contributed by atoms with Gasteiger partial charge in [-0.3, -0.25) is 9.59 Å². The molecular weight excluding hydrogens is 572 g/mol. The summed E-state index contributed by atoms with van der Waals surface area (Å²) in [5.74, 6) is 2.70. The Labute approximate surface area is 269 Å². The van der Waals surface area contributed by atoms with Gasteiger partial charge < -0.3 is 29.2 Å². The lowest BCUT2D eigenvalue weighted by molar-refractivity contribution is -0.272. The van der Waals surface area contributed by atoms with Crippen LogP contribution in [0.5, 0.6) is 0 Å². The van der Waals surface area contributed by atoms with Crippen molar-refractivity contribution in [3.05, 3.63) is 0 Å². The molecule has 6 saturated carbocycles. The molecule has 6 bridgehead atoms. The molecule has 0 amide bonds. The average molecular weight is 631 g/mol. The summed E-state index contributed by atoms with van der Waals surface area (Å²) < 4.78 is 25.2. The minimum Gasteiger partial charge on any atom is -0.465 e. The third kappa shape index (κ3) is 7.00. The Morgan fingerprint density at radius 3 is 2.11 bits per heavy atom. The number of carbonyl (C=O) groups is 2. The smallest absolute Gasteiger partial charge is 0.312 e. The molecule has 0 aromatic heterocycles. The molecule has 0 aromatic rings. The zero-order chi connectivity index (χ0) is 31.4. The van der Waals surface area contributed by atoms with Crippen molar-refractivity contribution in [1.29, 1.82) is 0 Å². The molecule has 45 heavy (non-hydrogen) atoms. The fraction of sp³-hybridized carbons (Fsp3) is 0.946. The number of hydrogen-bond acceptors (Lipinski definition) is 8. The molecule has 1 aliphatic heterocycles. The molecule has 7 fully saturated rings. The van der Waals surface area contributed by atoms with E-state index in [0.29, 0.717) is 55.6 Å². The fourth-order valence-electron chi connectivity index (χ4n) is 11.8. The molecule has 1 saturated heterocycles. The van der Waals surface area contributed by atoms with Crippen LogP contribution in [0.4, 0.5) is 0 Å². The largest absolute Gasteiger partial charge is 0.465 e. The number of aliphatic hydroxyl groups excluding tert-OH is 1. The van der Waals surface area contributed by atoms with Gasteiger partial charge in [0, 0.05) is 5.92 Å². The summed E-state index contributed by atoms with van der Waals surface area (Å²) in [6, 6.07) is 0. The molecule has 10 unspecified atom stereocenters. The highest BCUT2D eigenvalue weighted by Crippen LogP contribution is 2.52. The molecule has 2 N–H and O–H groups in total. The topological polar surface area (TPSA) is 112 Å². The SMILES string of the molecule is CC1CC2CC(C(=O)OCC3(COC(=O)C45CC(C)CC(CC(O)C4)C5)COC(C4CC5CCCC(C5)C4)OC3)CC(O)(C1)C2. The van der Waals surface area contributed by atoms with E-state index >= 15 is 0 Å². The number of hydrogen-bond donors (Lipinski definition) is 2. The van der Waals surface area contributed by atoms with Crippen LogP contribution in [0.25, 0.3) is 0 Å². The number of ether oxygens (including phenoxy) is 4. The Balaban J connectivity index is 1.02. The van der Waals surface area contributed by atoms with Crippen molar-refractivity contribution in [2.45, 2.75) is 135 Å². The zero-order valence-electron chi connectivity index (χ0n) is 27.8. The second-order valence-electron chi connectivity index (χ2n) is 17.8. The summed E-state index contributed by atoms with van der Waals surface area (Å²) in [5, 5.41) is 21.9. The molecule has 1 heterocycles. The predicted octanol–water partition coefficient (Wildman–Crippen LogP) is 5.80. The maximum Gasteiger partial charge on any atom is 0.312 e. The third-order valence-corrected chi connectivity index (χ3v) is 13.2. The first-order valence-corrected chi connectivity index (χ1v) is 18.5. The predicted molar refractivity (Wildman–Crippen MR) is 167 cm³/mol. The summed E-state index contributed by atoms with van der Waals surface area (Å²) in [6.07, 6.45) is 14.4. The Morgan fingerprint density at radius 2 is 1.40 bits per heavy atom. The first-order valence-electron chi connectivity index (χ1n) is 18.5. The van der Waals surface area contributed by atoms with Gasteiger partial charge in [-0.1, -0.05) is 33.1 Å². The van der Waals surface area contributed by atoms with E-state index in [-0.39, 0.29) is 37.4 Å². The highest BCUT2D eigenvalue weighted by molar-refractivity contribution is 5.77. The zero-order valence-corrected chi connectivity index (χ0v) is 27.8. The number of fused-ring (bicyclic) bond motifs is 6. The molecule has 7 rings (SSSR count). The fourth-order valence-corrected chi connectivity index (χ4v) is 11.8. The molecule has 7 aliphatic rings. The maximum absolute atomic E-state index is 13.8. The maximum atomic E-state index is 13.8. The van der Waals surface area contributed by atoms with Crippen molar-refractivity contribution in [2.24, 2.45) is 58.2 Å². The van der Waals surface area contributed by atoms with Crippen molar-refractivity contribution < 1.29 is 38.7 Å². The van der Waals surface area contributed by atoms with E-state index in [1.54, 1.807) is 0 Å². The van der Waals surface area contributed by atoms with Crippen LogP contribution in [-0.2, 0) is 28.5 Å². The Bertz CT molecular complexity index is 1050. The lowest BCUT2D eigenvalue weighted by Gasteiger charge is -2.48. The van der Waals surface area contributed by atoms with Gasteiger partial charge in [-0.2, -0.15) is 0 Å². The molecule has 254 valence electrons. The van der Waals surface area contributed by atoms with Gasteiger partial charge in [-0.05, 0) is 119 Å². The van der Waals surface area contributed by atoms with Crippen LogP contribution in [0.1, 0.15) is 117 Å². The van der Waals surface area contributed by atoms with Crippen molar-refractivity contribution in [1.82, 2.24) is 0 Å². The molecule has 6 aliphatic carbocycles. The third-order valence-electron chi connectivity index (χ3n) is 13.2. The van der Waals surface area contributed by atoms with Crippen molar-refractivity contribution in [2.75, 3.05) is 26.4 Å². The monoisotopic (exact) mass is 630 g/mol. The van der Waals surface area contributed by atoms with E-state index in [2.05, 4.69) is 13.8 Å². The van der Waals surface area contributed by atoms with E-state index < -0.39 is 22.5 Å². The summed E-state index contributed by atoms with van der Waals surface area (Å²) in [6.45, 7) is 5.14. The van der Waals surface area contributed by atoms with Crippen molar-refractivity contribution in [3.63, 3.8) is 0 Å². The van der Waals surface area contributed by atoms with Crippen LogP contribution in [0.3, 0.4) is 0 Å². The highest BCUT2D eigenvalue weighted by Gasteiger charge is 2.53. The van der Waals surface area contributed by atoms with Gasteiger partial charge in [0.2, 0.25) is 0 Å². The summed E-state index contributed by atoms with van der Waals surface area (Å²) in [4.78, 5) is 27.3. The lowest BCUT2D eigenvalue weighted by Crippen LogP contribution is -2.53. The molecule has 0 spiro atoms. The number of aliphatic hydroxyl groups is 2. The number of esters is 2. The second kappa shape index (κ2) is 12.7. The minimum absolute atomic E-state index is 0.0619. The quantitative estimate of drug-likeness (QED) is 0.340. The van der Waals surface area contributed by atoms with Crippen LogP contribution >= 0.6 is 0 Å². The lowest BCUT2D eigenvalue weighted by atomic mass is 9.58. The van der Waals surface area contributed by atoms with Crippen molar-refractivity contribution >= 4 is 11.9 Å². The molecular formula is C37H58O8. The molecule has 8 nitrogen and oxygen atoms in total. The number of rotatable bonds is 7. The Kier molecular flexibility index (Phi) is 9.10. The van der Waals surface area contributed by atoms with Gasteiger partial charge in [-0.25, -0.2) is 0 Å². The molecule has 8 heteroatoms. The second-order valence-corrected chi connectivity index (χ2v) is 17.8. The van der Waals surface area contributed by atoms with Crippen LogP contribution in [0.15, 0.2) is 0 Å². The molecule has 10 atom stereocenters. The van der Waals surface area contributed by atoms with Crippen LogP contribution in [0, 0.1) is 58.2 Å². The first kappa shape index (κ1) is 32.3. The first-order chi connectivity index (χ1) is 21.5. The van der Waals surface area contributed by atoms with Gasteiger partial charge in [0.05, 0.1) is 41.7 Å². The Hall–Kier alpha value is -1.22. The highest BCUT2D eigenvalue weighted by atomic mass is 16.7. The van der Waals surface area contributed by atoms with E-state index in [1.165, 1.54) is 25.7 Å². The van der Waals surface area contributed by atoms with Gasteiger partial charge in [0.25, 0.3) is 0 Å². The molecule has 0 radical (unpaired) electrons. The normalized spacial score (nSPS) is 49.5. The van der Waals surface area contributed by atoms with E-state index in [4.69, 9.17) is 18.9 Å². The standard InChI is InChI=1S/C37H58O8/c1-23-6-28-12-31(38)18-36(13-23,15-28)34(40)45-22-35(19-42-32(39)30-11-27-7-24(2)14-37(41,16-27)17-30)20-43-33(44-21-35)29-9-25-4-3-5-26(8-25)10-29/h23-31,33,38,41H,3-22H2,1-2H3. The van der Waals surface area contributed by atoms with Gasteiger partial charge in [0.1, 0.15) is 13.2 Å².